The first-order valence-electron chi connectivity index (χ1n) is 8.75. The Hall–Kier alpha value is -2.84. The van der Waals surface area contributed by atoms with E-state index in [1.165, 1.54) is 23.1 Å². The van der Waals surface area contributed by atoms with Crippen molar-refractivity contribution in [2.24, 2.45) is 0 Å². The van der Waals surface area contributed by atoms with Crippen LogP contribution in [0, 0.1) is 0 Å². The van der Waals surface area contributed by atoms with Gasteiger partial charge >= 0.3 is 0 Å². The third kappa shape index (κ3) is 6.07. The number of ketones is 1. The molecule has 0 atom stereocenters. The van der Waals surface area contributed by atoms with Gasteiger partial charge in [-0.2, -0.15) is 0 Å². The number of benzene rings is 2. The van der Waals surface area contributed by atoms with Gasteiger partial charge in [0.1, 0.15) is 11.5 Å². The molecule has 0 unspecified atom stereocenters. The fraction of sp³-hybridized carbons (Fsp3) is 0.190. The second-order valence-electron chi connectivity index (χ2n) is 6.00. The van der Waals surface area contributed by atoms with Gasteiger partial charge in [-0.05, 0) is 48.5 Å². The lowest BCUT2D eigenvalue weighted by molar-refractivity contribution is -0.115. The van der Waals surface area contributed by atoms with Crippen LogP contribution in [0.1, 0.15) is 16.1 Å². The molecule has 2 aromatic carbocycles. The van der Waals surface area contributed by atoms with Crippen molar-refractivity contribution >= 4 is 40.5 Å². The quantitative estimate of drug-likeness (QED) is 0.404. The molecule has 3 aromatic rings. The Morgan fingerprint density at radius 2 is 1.62 bits per heavy atom. The number of anilines is 1. The summed E-state index contributed by atoms with van der Waals surface area (Å²) in [7, 11) is 3.18. The van der Waals surface area contributed by atoms with Crippen LogP contribution in [-0.2, 0) is 11.2 Å². The average molecular weight is 429 g/mol. The molecular formula is C21H20N2O4S2. The monoisotopic (exact) mass is 428 g/mol. The number of carbonyl (C=O) groups is 2. The van der Waals surface area contributed by atoms with Crippen LogP contribution < -0.4 is 14.8 Å². The second kappa shape index (κ2) is 10.1. The van der Waals surface area contributed by atoms with Gasteiger partial charge in [-0.15, -0.1) is 11.3 Å². The van der Waals surface area contributed by atoms with Gasteiger partial charge in [0, 0.05) is 16.6 Å². The zero-order chi connectivity index (χ0) is 20.6. The fourth-order valence-corrected chi connectivity index (χ4v) is 4.21. The van der Waals surface area contributed by atoms with E-state index in [1.54, 1.807) is 62.8 Å². The lowest BCUT2D eigenvalue weighted by Gasteiger charge is -2.05. The highest BCUT2D eigenvalue weighted by Crippen LogP contribution is 2.24. The number of methoxy groups -OCH3 is 2. The van der Waals surface area contributed by atoms with Gasteiger partial charge in [0.25, 0.3) is 0 Å². The van der Waals surface area contributed by atoms with Crippen LogP contribution in [0.5, 0.6) is 11.5 Å². The Morgan fingerprint density at radius 3 is 2.24 bits per heavy atom. The number of nitrogens with one attached hydrogen (secondary N) is 1. The number of hydrogen-bond donors (Lipinski definition) is 1. The first kappa shape index (κ1) is 20.9. The minimum Gasteiger partial charge on any atom is -0.497 e. The lowest BCUT2D eigenvalue weighted by atomic mass is 10.1. The van der Waals surface area contributed by atoms with Crippen molar-refractivity contribution in [1.29, 1.82) is 0 Å². The van der Waals surface area contributed by atoms with E-state index in [1.807, 2.05) is 5.38 Å². The van der Waals surface area contributed by atoms with Crippen molar-refractivity contribution in [2.45, 2.75) is 10.8 Å². The molecule has 1 aromatic heterocycles. The van der Waals surface area contributed by atoms with Crippen LogP contribution in [0.4, 0.5) is 5.69 Å². The summed E-state index contributed by atoms with van der Waals surface area (Å²) >= 11 is 2.80. The largest absolute Gasteiger partial charge is 0.497 e. The first-order chi connectivity index (χ1) is 14.1. The summed E-state index contributed by atoms with van der Waals surface area (Å²) in [5.41, 5.74) is 2.01. The molecule has 0 saturated carbocycles. The van der Waals surface area contributed by atoms with Crippen molar-refractivity contribution < 1.29 is 19.1 Å². The molecule has 0 bridgehead atoms. The van der Waals surface area contributed by atoms with Crippen LogP contribution >= 0.6 is 23.1 Å². The molecule has 150 valence electrons. The predicted octanol–water partition coefficient (Wildman–Crippen LogP) is 4.32. The summed E-state index contributed by atoms with van der Waals surface area (Å²) in [5, 5.41) is 4.67. The number of nitrogens with zero attached hydrogens (tertiary/aromatic N) is 1. The van der Waals surface area contributed by atoms with Gasteiger partial charge in [-0.1, -0.05) is 11.8 Å². The van der Waals surface area contributed by atoms with Crippen molar-refractivity contribution in [2.75, 3.05) is 25.3 Å². The molecule has 6 nitrogen and oxygen atoms in total. The smallest absolute Gasteiger partial charge is 0.230 e. The van der Waals surface area contributed by atoms with Gasteiger partial charge in [0.2, 0.25) is 5.91 Å². The maximum atomic E-state index is 12.3. The van der Waals surface area contributed by atoms with E-state index in [4.69, 9.17) is 9.47 Å². The molecule has 29 heavy (non-hydrogen) atoms. The van der Waals surface area contributed by atoms with Crippen LogP contribution in [-0.4, -0.2) is 36.6 Å². The van der Waals surface area contributed by atoms with E-state index in [9.17, 15) is 9.59 Å². The van der Waals surface area contributed by atoms with Gasteiger partial charge in [0.05, 0.1) is 32.1 Å². The summed E-state index contributed by atoms with van der Waals surface area (Å²) in [4.78, 5) is 28.9. The topological polar surface area (TPSA) is 77.5 Å². The van der Waals surface area contributed by atoms with Crippen molar-refractivity contribution in [3.63, 3.8) is 0 Å². The Bertz CT molecular complexity index is 969. The lowest BCUT2D eigenvalue weighted by Crippen LogP contribution is -2.14. The number of thioether (sulfide) groups is 1. The third-order valence-electron chi connectivity index (χ3n) is 3.98. The van der Waals surface area contributed by atoms with Gasteiger partial charge in [-0.3, -0.25) is 9.59 Å². The molecule has 8 heteroatoms. The van der Waals surface area contributed by atoms with E-state index >= 15 is 0 Å². The summed E-state index contributed by atoms with van der Waals surface area (Å²) < 4.78 is 11.0. The third-order valence-corrected chi connectivity index (χ3v) is 6.05. The molecule has 1 heterocycles. The van der Waals surface area contributed by atoms with Crippen molar-refractivity contribution in [3.8, 4) is 11.5 Å². The summed E-state index contributed by atoms with van der Waals surface area (Å²) in [6.45, 7) is 0. The van der Waals surface area contributed by atoms with Crippen LogP contribution in [0.15, 0.2) is 58.3 Å². The maximum absolute atomic E-state index is 12.3. The number of amides is 1. The van der Waals surface area contributed by atoms with E-state index in [-0.39, 0.29) is 23.9 Å². The Morgan fingerprint density at radius 1 is 1.00 bits per heavy atom. The molecule has 1 N–H and O–H groups in total. The number of thiazole rings is 1. The molecular weight excluding hydrogens is 408 g/mol. The van der Waals surface area contributed by atoms with E-state index in [0.29, 0.717) is 22.7 Å². The Kier molecular flexibility index (Phi) is 7.26. The zero-order valence-corrected chi connectivity index (χ0v) is 17.6. The highest BCUT2D eigenvalue weighted by Gasteiger charge is 2.11. The van der Waals surface area contributed by atoms with E-state index < -0.39 is 0 Å². The van der Waals surface area contributed by atoms with Gasteiger partial charge < -0.3 is 14.8 Å². The minimum absolute atomic E-state index is 0.0200. The fourth-order valence-electron chi connectivity index (χ4n) is 2.47. The number of ether oxygens (including phenoxy) is 2. The Labute approximate surface area is 177 Å². The predicted molar refractivity (Wildman–Crippen MR) is 115 cm³/mol. The van der Waals surface area contributed by atoms with Crippen LogP contribution in [0.2, 0.25) is 0 Å². The maximum Gasteiger partial charge on any atom is 0.230 e. The molecule has 1 amide bonds. The number of carbonyl (C=O) groups excluding carboxylic acids is 2. The number of Topliss-reactive ketones (excluding diaryl/α,β-unsaturated/α-hetero) is 1. The second-order valence-corrected chi connectivity index (χ2v) is 8.08. The number of hydrogen-bond acceptors (Lipinski definition) is 7. The normalized spacial score (nSPS) is 10.4. The number of rotatable bonds is 9. The van der Waals surface area contributed by atoms with Crippen molar-refractivity contribution in [3.05, 3.63) is 65.2 Å². The summed E-state index contributed by atoms with van der Waals surface area (Å²) in [6, 6.07) is 14.2. The zero-order valence-electron chi connectivity index (χ0n) is 16.0. The van der Waals surface area contributed by atoms with Gasteiger partial charge in [-0.25, -0.2) is 4.98 Å². The molecule has 0 saturated heterocycles. The minimum atomic E-state index is -0.147. The number of aromatic nitrogens is 1. The standard InChI is InChI=1S/C21H20N2O4S2/c1-26-17-7-3-14(4-8-17)19(24)13-29-21-23-16(12-28-21)11-20(25)22-15-5-9-18(27-2)10-6-15/h3-10,12H,11,13H2,1-2H3,(H,22,25). The van der Waals surface area contributed by atoms with E-state index in [0.717, 1.165) is 10.1 Å². The average Bonchev–Trinajstić information content (AvgIpc) is 3.19. The highest BCUT2D eigenvalue weighted by atomic mass is 32.2. The van der Waals surface area contributed by atoms with Crippen LogP contribution in [0.3, 0.4) is 0 Å². The molecule has 0 fully saturated rings. The highest BCUT2D eigenvalue weighted by molar-refractivity contribution is 8.01. The molecule has 0 aliphatic carbocycles. The first-order valence-corrected chi connectivity index (χ1v) is 10.6. The van der Waals surface area contributed by atoms with Crippen LogP contribution in [0.25, 0.3) is 0 Å². The molecule has 0 aliphatic rings. The molecule has 3 rings (SSSR count). The SMILES string of the molecule is COc1ccc(NC(=O)Cc2csc(SCC(=O)c3ccc(OC)cc3)n2)cc1. The van der Waals surface area contributed by atoms with E-state index in [2.05, 4.69) is 10.3 Å². The molecule has 0 radical (unpaired) electrons. The molecule has 0 spiro atoms. The summed E-state index contributed by atoms with van der Waals surface area (Å²) in [5.74, 6) is 1.61. The molecule has 0 aliphatic heterocycles. The van der Waals surface area contributed by atoms with Gasteiger partial charge in [0.15, 0.2) is 10.1 Å². The Balaban J connectivity index is 1.49. The summed E-state index contributed by atoms with van der Waals surface area (Å²) in [6.07, 6.45) is 0.176. The van der Waals surface area contributed by atoms with Crippen molar-refractivity contribution in [1.82, 2.24) is 4.98 Å².